The highest BCUT2D eigenvalue weighted by Crippen LogP contribution is 2.30. The van der Waals surface area contributed by atoms with Crippen LogP contribution in [0.25, 0.3) is 0 Å². The third-order valence-corrected chi connectivity index (χ3v) is 3.75. The van der Waals surface area contributed by atoms with Gasteiger partial charge in [-0.2, -0.15) is 0 Å². The van der Waals surface area contributed by atoms with Gasteiger partial charge < -0.3 is 11.5 Å². The predicted molar refractivity (Wildman–Crippen MR) is 79.1 cm³/mol. The van der Waals surface area contributed by atoms with Gasteiger partial charge in [-0.3, -0.25) is 4.98 Å². The molecule has 0 fully saturated rings. The summed E-state index contributed by atoms with van der Waals surface area (Å²) in [6.45, 7) is 1.96. The van der Waals surface area contributed by atoms with Crippen LogP contribution in [0, 0.1) is 6.92 Å². The molecular formula is C12H12Br2N4. The van der Waals surface area contributed by atoms with E-state index in [-0.39, 0.29) is 0 Å². The molecule has 0 spiro atoms. The molecule has 1 unspecified atom stereocenters. The molecule has 6 heteroatoms. The average Bonchev–Trinajstić information content (AvgIpc) is 2.28. The summed E-state index contributed by atoms with van der Waals surface area (Å²) >= 11 is 6.82. The zero-order chi connectivity index (χ0) is 13.3. The van der Waals surface area contributed by atoms with Gasteiger partial charge in [0, 0.05) is 26.9 Å². The lowest BCUT2D eigenvalue weighted by atomic mass is 10.0. The van der Waals surface area contributed by atoms with Crippen LogP contribution in [0.1, 0.15) is 22.9 Å². The van der Waals surface area contributed by atoms with Crippen molar-refractivity contribution in [1.29, 1.82) is 0 Å². The second kappa shape index (κ2) is 5.34. The van der Waals surface area contributed by atoms with Crippen LogP contribution in [-0.4, -0.2) is 9.97 Å². The highest BCUT2D eigenvalue weighted by Gasteiger charge is 2.19. The van der Waals surface area contributed by atoms with Crippen LogP contribution in [0.3, 0.4) is 0 Å². The van der Waals surface area contributed by atoms with E-state index in [1.54, 1.807) is 12.4 Å². The number of nitrogens with two attached hydrogens (primary N) is 2. The first kappa shape index (κ1) is 13.5. The van der Waals surface area contributed by atoms with E-state index in [0.717, 1.165) is 25.8 Å². The Kier molecular flexibility index (Phi) is 3.99. The van der Waals surface area contributed by atoms with Crippen molar-refractivity contribution in [3.8, 4) is 0 Å². The Bertz CT molecular complexity index is 566. The maximum absolute atomic E-state index is 6.24. The first-order chi connectivity index (χ1) is 8.50. The third kappa shape index (κ3) is 2.55. The van der Waals surface area contributed by atoms with E-state index < -0.39 is 6.04 Å². The van der Waals surface area contributed by atoms with E-state index in [2.05, 4.69) is 41.8 Å². The predicted octanol–water partition coefficient (Wildman–Crippen LogP) is 2.94. The molecule has 0 aliphatic rings. The molecule has 1 atom stereocenters. The number of aromatic nitrogens is 2. The average molecular weight is 372 g/mol. The Morgan fingerprint density at radius 3 is 2.61 bits per heavy atom. The van der Waals surface area contributed by atoms with Gasteiger partial charge in [-0.25, -0.2) is 4.98 Å². The summed E-state index contributed by atoms with van der Waals surface area (Å²) in [5.74, 6) is 0.444. The highest BCUT2D eigenvalue weighted by atomic mass is 79.9. The Hall–Kier alpha value is -0.980. The second-order valence-electron chi connectivity index (χ2n) is 3.93. The molecule has 0 bridgehead atoms. The minimum Gasteiger partial charge on any atom is -0.383 e. The zero-order valence-electron chi connectivity index (χ0n) is 9.69. The Labute approximate surface area is 122 Å². The summed E-state index contributed by atoms with van der Waals surface area (Å²) in [5.41, 5.74) is 14.7. The number of nitrogen functional groups attached to an aromatic ring is 1. The molecule has 0 saturated heterocycles. The lowest BCUT2D eigenvalue weighted by molar-refractivity contribution is 0.811. The summed E-state index contributed by atoms with van der Waals surface area (Å²) in [7, 11) is 0. The van der Waals surface area contributed by atoms with Gasteiger partial charge in [0.25, 0.3) is 0 Å². The van der Waals surface area contributed by atoms with E-state index in [9.17, 15) is 0 Å². The Balaban J connectivity index is 2.51. The number of anilines is 1. The molecule has 2 aromatic rings. The van der Waals surface area contributed by atoms with Gasteiger partial charge in [-0.15, -0.1) is 0 Å². The summed E-state index contributed by atoms with van der Waals surface area (Å²) < 4.78 is 1.73. The second-order valence-corrected chi connectivity index (χ2v) is 5.70. The van der Waals surface area contributed by atoms with Crippen molar-refractivity contribution >= 4 is 37.7 Å². The normalized spacial score (nSPS) is 12.4. The molecule has 0 aliphatic heterocycles. The maximum atomic E-state index is 6.24. The lowest BCUT2D eigenvalue weighted by Gasteiger charge is -2.17. The van der Waals surface area contributed by atoms with E-state index in [0.29, 0.717) is 5.82 Å². The van der Waals surface area contributed by atoms with Gasteiger partial charge in [0.15, 0.2) is 0 Å². The molecule has 4 N–H and O–H groups in total. The van der Waals surface area contributed by atoms with Crippen molar-refractivity contribution in [1.82, 2.24) is 9.97 Å². The van der Waals surface area contributed by atoms with Gasteiger partial charge in [-0.1, -0.05) is 0 Å². The molecule has 4 nitrogen and oxygen atoms in total. The van der Waals surface area contributed by atoms with Crippen molar-refractivity contribution in [3.05, 3.63) is 50.3 Å². The third-order valence-electron chi connectivity index (χ3n) is 2.68. The Morgan fingerprint density at radius 2 is 2.00 bits per heavy atom. The molecular weight excluding hydrogens is 360 g/mol. The Morgan fingerprint density at radius 1 is 1.28 bits per heavy atom. The molecule has 0 aromatic carbocycles. The SMILES string of the molecule is Cc1ccnc(N)c1C(N)c1ncc(Br)cc1Br. The molecule has 0 radical (unpaired) electrons. The fourth-order valence-electron chi connectivity index (χ4n) is 1.79. The molecule has 0 aliphatic carbocycles. The minimum atomic E-state index is -0.402. The van der Waals surface area contributed by atoms with Crippen LogP contribution in [-0.2, 0) is 0 Å². The van der Waals surface area contributed by atoms with Crippen molar-refractivity contribution in [2.75, 3.05) is 5.73 Å². The number of hydrogen-bond acceptors (Lipinski definition) is 4. The number of aryl methyl sites for hydroxylation is 1. The standard InChI is InChI=1S/C12H12Br2N4/c1-6-2-3-17-12(16)9(6)10(15)11-8(14)4-7(13)5-18-11/h2-5,10H,15H2,1H3,(H2,16,17). The van der Waals surface area contributed by atoms with Crippen molar-refractivity contribution in [3.63, 3.8) is 0 Å². The molecule has 2 rings (SSSR count). The molecule has 18 heavy (non-hydrogen) atoms. The molecule has 0 amide bonds. The number of rotatable bonds is 2. The fraction of sp³-hybridized carbons (Fsp3) is 0.167. The van der Waals surface area contributed by atoms with Gasteiger partial charge >= 0.3 is 0 Å². The number of hydrogen-bond donors (Lipinski definition) is 2. The number of halogens is 2. The largest absolute Gasteiger partial charge is 0.383 e. The highest BCUT2D eigenvalue weighted by molar-refractivity contribution is 9.11. The summed E-state index contributed by atoms with van der Waals surface area (Å²) in [6, 6.07) is 3.39. The maximum Gasteiger partial charge on any atom is 0.128 e. The molecule has 94 valence electrons. The van der Waals surface area contributed by atoms with Crippen LogP contribution in [0.2, 0.25) is 0 Å². The summed E-state index contributed by atoms with van der Waals surface area (Å²) in [4.78, 5) is 8.41. The minimum absolute atomic E-state index is 0.402. The van der Waals surface area contributed by atoms with Crippen LogP contribution in [0.5, 0.6) is 0 Å². The summed E-state index contributed by atoms with van der Waals surface area (Å²) in [6.07, 6.45) is 3.38. The van der Waals surface area contributed by atoms with E-state index >= 15 is 0 Å². The first-order valence-corrected chi connectivity index (χ1v) is 6.86. The first-order valence-electron chi connectivity index (χ1n) is 5.28. The topological polar surface area (TPSA) is 77.8 Å². The van der Waals surface area contributed by atoms with Crippen molar-refractivity contribution < 1.29 is 0 Å². The van der Waals surface area contributed by atoms with Crippen LogP contribution in [0.4, 0.5) is 5.82 Å². The van der Waals surface area contributed by atoms with Crippen molar-refractivity contribution in [2.24, 2.45) is 5.73 Å². The van der Waals surface area contributed by atoms with E-state index in [1.165, 1.54) is 0 Å². The van der Waals surface area contributed by atoms with Crippen molar-refractivity contribution in [2.45, 2.75) is 13.0 Å². The van der Waals surface area contributed by atoms with Crippen LogP contribution >= 0.6 is 31.9 Å². The smallest absolute Gasteiger partial charge is 0.128 e. The van der Waals surface area contributed by atoms with Gasteiger partial charge in [-0.05, 0) is 56.5 Å². The quantitative estimate of drug-likeness (QED) is 0.850. The zero-order valence-corrected chi connectivity index (χ0v) is 12.9. The number of nitrogens with zero attached hydrogens (tertiary/aromatic N) is 2. The molecule has 2 heterocycles. The molecule has 2 aromatic heterocycles. The van der Waals surface area contributed by atoms with E-state index in [4.69, 9.17) is 11.5 Å². The van der Waals surface area contributed by atoms with E-state index in [1.807, 2.05) is 19.1 Å². The van der Waals surface area contributed by atoms with Gasteiger partial charge in [0.1, 0.15) is 5.82 Å². The summed E-state index contributed by atoms with van der Waals surface area (Å²) in [5, 5.41) is 0. The van der Waals surface area contributed by atoms with Gasteiger partial charge in [0.05, 0.1) is 11.7 Å². The fourth-order valence-corrected chi connectivity index (χ4v) is 3.02. The lowest BCUT2D eigenvalue weighted by Crippen LogP contribution is -2.18. The monoisotopic (exact) mass is 370 g/mol. The van der Waals surface area contributed by atoms with Crippen LogP contribution in [0.15, 0.2) is 33.5 Å². The number of pyridine rings is 2. The van der Waals surface area contributed by atoms with Gasteiger partial charge in [0.2, 0.25) is 0 Å². The molecule has 0 saturated carbocycles. The van der Waals surface area contributed by atoms with Crippen LogP contribution < -0.4 is 11.5 Å².